The third-order valence-electron chi connectivity index (χ3n) is 1.94. The number of carboxylic acids is 1. The van der Waals surface area contributed by atoms with E-state index in [0.717, 1.165) is 0 Å². The van der Waals surface area contributed by atoms with Gasteiger partial charge in [0.25, 0.3) is 0 Å². The summed E-state index contributed by atoms with van der Waals surface area (Å²) < 4.78 is 0. The van der Waals surface area contributed by atoms with Gasteiger partial charge in [-0.2, -0.15) is 0 Å². The Morgan fingerprint density at radius 2 is 2.00 bits per heavy atom. The van der Waals surface area contributed by atoms with Crippen LogP contribution in [0.3, 0.4) is 0 Å². The number of rotatable bonds is 2. The van der Waals surface area contributed by atoms with Gasteiger partial charge in [-0.25, -0.2) is 9.78 Å². The van der Waals surface area contributed by atoms with Crippen molar-refractivity contribution in [3.63, 3.8) is 0 Å². The van der Waals surface area contributed by atoms with Gasteiger partial charge in [-0.1, -0.05) is 20.8 Å². The molecule has 0 fully saturated rings. The van der Waals surface area contributed by atoms with E-state index in [9.17, 15) is 9.59 Å². The van der Waals surface area contributed by atoms with Gasteiger partial charge in [0, 0.05) is 11.6 Å². The maximum absolute atomic E-state index is 11.7. The molecule has 0 aromatic carbocycles. The zero-order valence-corrected chi connectivity index (χ0v) is 9.44. The monoisotopic (exact) mass is 222 g/mol. The van der Waals surface area contributed by atoms with Crippen molar-refractivity contribution in [2.75, 3.05) is 5.32 Å². The van der Waals surface area contributed by atoms with Crippen molar-refractivity contribution in [3.8, 4) is 0 Å². The number of anilines is 1. The van der Waals surface area contributed by atoms with Crippen molar-refractivity contribution in [1.29, 1.82) is 0 Å². The number of nitrogens with one attached hydrogen (secondary N) is 1. The number of carboxylic acid groups (broad SMARTS) is 1. The molecule has 0 aliphatic rings. The summed E-state index contributed by atoms with van der Waals surface area (Å²) in [7, 11) is 0. The SMILES string of the molecule is CC(C)(C)C(=O)Nc1cccnc1C(=O)O. The first-order chi connectivity index (χ1) is 7.32. The lowest BCUT2D eigenvalue weighted by atomic mass is 9.95. The molecule has 16 heavy (non-hydrogen) atoms. The van der Waals surface area contributed by atoms with E-state index in [1.54, 1.807) is 26.8 Å². The van der Waals surface area contributed by atoms with Crippen LogP contribution in [0.5, 0.6) is 0 Å². The van der Waals surface area contributed by atoms with Crippen LogP contribution in [-0.2, 0) is 4.79 Å². The van der Waals surface area contributed by atoms with E-state index in [-0.39, 0.29) is 17.3 Å². The second kappa shape index (κ2) is 4.30. The van der Waals surface area contributed by atoms with Crippen LogP contribution in [0.1, 0.15) is 31.3 Å². The Bertz CT molecular complexity index is 421. The highest BCUT2D eigenvalue weighted by molar-refractivity contribution is 6.00. The molecule has 1 aromatic heterocycles. The van der Waals surface area contributed by atoms with Crippen molar-refractivity contribution >= 4 is 17.6 Å². The summed E-state index contributed by atoms with van der Waals surface area (Å²) in [6.45, 7) is 5.25. The lowest BCUT2D eigenvalue weighted by Crippen LogP contribution is -2.28. The van der Waals surface area contributed by atoms with Crippen LogP contribution in [0.4, 0.5) is 5.69 Å². The predicted octanol–water partition coefficient (Wildman–Crippen LogP) is 1.76. The minimum absolute atomic E-state index is 0.153. The number of carbonyl (C=O) groups is 2. The Morgan fingerprint density at radius 1 is 1.38 bits per heavy atom. The van der Waals surface area contributed by atoms with Gasteiger partial charge < -0.3 is 10.4 Å². The molecular weight excluding hydrogens is 208 g/mol. The smallest absolute Gasteiger partial charge is 0.356 e. The third-order valence-corrected chi connectivity index (χ3v) is 1.94. The fourth-order valence-electron chi connectivity index (χ4n) is 0.986. The normalized spacial score (nSPS) is 10.9. The van der Waals surface area contributed by atoms with Crippen molar-refractivity contribution in [1.82, 2.24) is 4.98 Å². The Kier molecular flexibility index (Phi) is 3.27. The number of pyridine rings is 1. The second-order valence-electron chi connectivity index (χ2n) is 4.41. The molecule has 2 N–H and O–H groups in total. The summed E-state index contributed by atoms with van der Waals surface area (Å²) in [5, 5.41) is 11.4. The van der Waals surface area contributed by atoms with Crippen molar-refractivity contribution < 1.29 is 14.7 Å². The highest BCUT2D eigenvalue weighted by Crippen LogP contribution is 2.19. The number of aromatic carboxylic acids is 1. The summed E-state index contributed by atoms with van der Waals surface area (Å²) in [6, 6.07) is 3.09. The van der Waals surface area contributed by atoms with Crippen molar-refractivity contribution in [3.05, 3.63) is 24.0 Å². The minimum atomic E-state index is -1.16. The first-order valence-corrected chi connectivity index (χ1v) is 4.82. The predicted molar refractivity (Wildman–Crippen MR) is 59.3 cm³/mol. The first kappa shape index (κ1) is 12.2. The number of hydrogen-bond acceptors (Lipinski definition) is 3. The Morgan fingerprint density at radius 3 is 2.50 bits per heavy atom. The van der Waals surface area contributed by atoms with Crippen LogP contribution >= 0.6 is 0 Å². The van der Waals surface area contributed by atoms with E-state index >= 15 is 0 Å². The highest BCUT2D eigenvalue weighted by atomic mass is 16.4. The van der Waals surface area contributed by atoms with Crippen LogP contribution in [0.15, 0.2) is 18.3 Å². The molecule has 0 aliphatic heterocycles. The third kappa shape index (κ3) is 2.79. The fourth-order valence-corrected chi connectivity index (χ4v) is 0.986. The molecule has 0 atom stereocenters. The molecule has 1 rings (SSSR count). The molecule has 1 amide bonds. The van der Waals surface area contributed by atoms with Crippen LogP contribution in [0.2, 0.25) is 0 Å². The van der Waals surface area contributed by atoms with Crippen molar-refractivity contribution in [2.45, 2.75) is 20.8 Å². The quantitative estimate of drug-likeness (QED) is 0.799. The first-order valence-electron chi connectivity index (χ1n) is 4.82. The molecule has 86 valence electrons. The van der Waals surface area contributed by atoms with Gasteiger partial charge in [-0.05, 0) is 12.1 Å². The van der Waals surface area contributed by atoms with Gasteiger partial charge in [-0.15, -0.1) is 0 Å². The molecule has 0 saturated carbocycles. The standard InChI is InChI=1S/C11H14N2O3/c1-11(2,3)10(16)13-7-5-4-6-12-8(7)9(14)15/h4-6H,1-3H3,(H,13,16)(H,14,15). The topological polar surface area (TPSA) is 79.3 Å². The molecule has 0 spiro atoms. The van der Waals surface area contributed by atoms with Crippen LogP contribution in [0.25, 0.3) is 0 Å². The average molecular weight is 222 g/mol. The lowest BCUT2D eigenvalue weighted by Gasteiger charge is -2.18. The van der Waals surface area contributed by atoms with Crippen LogP contribution < -0.4 is 5.32 Å². The van der Waals surface area contributed by atoms with E-state index in [4.69, 9.17) is 5.11 Å². The molecule has 5 nitrogen and oxygen atoms in total. The second-order valence-corrected chi connectivity index (χ2v) is 4.41. The van der Waals surface area contributed by atoms with E-state index in [1.807, 2.05) is 0 Å². The molecule has 0 aliphatic carbocycles. The average Bonchev–Trinajstić information content (AvgIpc) is 2.16. The molecule has 0 radical (unpaired) electrons. The number of hydrogen-bond donors (Lipinski definition) is 2. The van der Waals surface area contributed by atoms with Gasteiger partial charge >= 0.3 is 5.97 Å². The van der Waals surface area contributed by atoms with Gasteiger partial charge in [0.05, 0.1) is 5.69 Å². The lowest BCUT2D eigenvalue weighted by molar-refractivity contribution is -0.123. The maximum Gasteiger partial charge on any atom is 0.356 e. The Balaban J connectivity index is 2.98. The summed E-state index contributed by atoms with van der Waals surface area (Å²) in [6.07, 6.45) is 1.37. The molecule has 0 unspecified atom stereocenters. The zero-order chi connectivity index (χ0) is 12.3. The highest BCUT2D eigenvalue weighted by Gasteiger charge is 2.23. The summed E-state index contributed by atoms with van der Waals surface area (Å²) in [5.41, 5.74) is -0.513. The van der Waals surface area contributed by atoms with E-state index in [0.29, 0.717) is 0 Å². The molecule has 0 bridgehead atoms. The molecular formula is C11H14N2O3. The summed E-state index contributed by atoms with van der Waals surface area (Å²) in [4.78, 5) is 26.2. The van der Waals surface area contributed by atoms with Gasteiger partial charge in [0.2, 0.25) is 5.91 Å². The minimum Gasteiger partial charge on any atom is -0.476 e. The van der Waals surface area contributed by atoms with Crippen molar-refractivity contribution in [2.24, 2.45) is 5.41 Å². The molecule has 0 saturated heterocycles. The largest absolute Gasteiger partial charge is 0.476 e. The number of nitrogens with zero attached hydrogens (tertiary/aromatic N) is 1. The number of carbonyl (C=O) groups excluding carboxylic acids is 1. The molecule has 1 aromatic rings. The van der Waals surface area contributed by atoms with Crippen LogP contribution in [0, 0.1) is 5.41 Å². The summed E-state index contributed by atoms with van der Waals surface area (Å²) in [5.74, 6) is -1.41. The van der Waals surface area contributed by atoms with Gasteiger partial charge in [-0.3, -0.25) is 4.79 Å². The number of aromatic nitrogens is 1. The van der Waals surface area contributed by atoms with Gasteiger partial charge in [0.15, 0.2) is 5.69 Å². The Hall–Kier alpha value is -1.91. The summed E-state index contributed by atoms with van der Waals surface area (Å²) >= 11 is 0. The molecule has 1 heterocycles. The Labute approximate surface area is 93.5 Å². The number of amides is 1. The van der Waals surface area contributed by atoms with E-state index < -0.39 is 11.4 Å². The van der Waals surface area contributed by atoms with Gasteiger partial charge in [0.1, 0.15) is 0 Å². The fraction of sp³-hybridized carbons (Fsp3) is 0.364. The maximum atomic E-state index is 11.7. The van der Waals surface area contributed by atoms with Crippen LogP contribution in [-0.4, -0.2) is 22.0 Å². The van der Waals surface area contributed by atoms with E-state index in [2.05, 4.69) is 10.3 Å². The zero-order valence-electron chi connectivity index (χ0n) is 9.44. The van der Waals surface area contributed by atoms with E-state index in [1.165, 1.54) is 12.3 Å². The molecule has 5 heteroatoms.